The first kappa shape index (κ1) is 49.1. The Morgan fingerprint density at radius 1 is 0.780 bits per heavy atom. The third-order valence-corrected chi connectivity index (χ3v) is 9.89. The zero-order valence-corrected chi connectivity index (χ0v) is 34.8. The van der Waals surface area contributed by atoms with Crippen LogP contribution < -0.4 is 49.0 Å². The lowest BCUT2D eigenvalue weighted by Crippen LogP contribution is -2.59. The molecule has 6 atom stereocenters. The Hall–Kier alpha value is -6.01. The molecule has 0 radical (unpaired) electrons. The number of amides is 6. The second kappa shape index (κ2) is 24.7. The van der Waals surface area contributed by atoms with E-state index in [0.29, 0.717) is 42.3 Å². The van der Waals surface area contributed by atoms with Gasteiger partial charge in [-0.25, -0.2) is 4.79 Å². The van der Waals surface area contributed by atoms with Gasteiger partial charge in [-0.15, -0.1) is 0 Å². The highest BCUT2D eigenvalue weighted by molar-refractivity contribution is 6.00. The lowest BCUT2D eigenvalue weighted by Gasteiger charge is -2.29. The van der Waals surface area contributed by atoms with Crippen molar-refractivity contribution in [2.45, 2.75) is 123 Å². The van der Waals surface area contributed by atoms with Gasteiger partial charge in [0.2, 0.25) is 35.4 Å². The standard InChI is InChI=1S/C40H61N9O10/c1-7-22(3)34(45-25(6)50)38(57)48-29(13-11-19-44-40(41)42)37(56)49-35(23(4)8-2)39(58)47-28(12-9-10-18-43-31(51)16-17-32(52)53)36(55)46-26-14-15-27-24(5)20-33(54)59-30(27)21-26/h14-15,20-23,28-29,34-35H,7-13,16-19H2,1-6H3,(H,43,51)(H,45,50)(H,46,55)(H,47,58)(H,48,57)(H,49,56)(H,52,53)(H4,41,42,44)/t22-,23-,28-,29-,34-,35-/m0/s1. The van der Waals surface area contributed by atoms with Crippen molar-refractivity contribution in [3.05, 3.63) is 40.2 Å². The smallest absolute Gasteiger partial charge is 0.336 e. The first-order valence-corrected chi connectivity index (χ1v) is 19.9. The maximum atomic E-state index is 14.1. The molecule has 19 heteroatoms. The minimum Gasteiger partial charge on any atom is -0.481 e. The number of benzene rings is 1. The second-order valence-electron chi connectivity index (χ2n) is 14.7. The number of hydrogen-bond donors (Lipinski definition) is 9. The van der Waals surface area contributed by atoms with Crippen molar-refractivity contribution in [1.29, 1.82) is 0 Å². The van der Waals surface area contributed by atoms with E-state index >= 15 is 0 Å². The number of fused-ring (bicyclic) bond motifs is 1. The highest BCUT2D eigenvalue weighted by atomic mass is 16.4. The summed E-state index contributed by atoms with van der Waals surface area (Å²) in [7, 11) is 0. The van der Waals surface area contributed by atoms with E-state index in [1.54, 1.807) is 32.9 Å². The summed E-state index contributed by atoms with van der Waals surface area (Å²) in [6, 6.07) is 1.77. The number of carbonyl (C=O) groups is 7. The van der Waals surface area contributed by atoms with Gasteiger partial charge in [-0.2, -0.15) is 0 Å². The number of guanidine groups is 1. The Morgan fingerprint density at radius 3 is 1.95 bits per heavy atom. The maximum Gasteiger partial charge on any atom is 0.336 e. The molecule has 11 N–H and O–H groups in total. The number of nitrogens with one attached hydrogen (secondary N) is 6. The Balaban J connectivity index is 2.36. The van der Waals surface area contributed by atoms with Gasteiger partial charge in [0.25, 0.3) is 0 Å². The molecule has 0 aliphatic rings. The SMILES string of the molecule is CC[C@H](C)[C@H](NC(C)=O)C(=O)N[C@@H](CCCN=C(N)N)C(=O)N[C@H](C(=O)N[C@@H](CCCCNC(=O)CCC(=O)O)C(=O)Nc1ccc2c(C)cc(=O)oc2c1)[C@@H](C)CC. The molecule has 2 aromatic rings. The van der Waals surface area contributed by atoms with Crippen molar-refractivity contribution in [1.82, 2.24) is 26.6 Å². The van der Waals surface area contributed by atoms with Gasteiger partial charge < -0.3 is 52.9 Å². The molecule has 1 aromatic heterocycles. The summed E-state index contributed by atoms with van der Waals surface area (Å²) in [5.41, 5.74) is 11.6. The van der Waals surface area contributed by atoms with Gasteiger partial charge in [-0.1, -0.05) is 40.5 Å². The van der Waals surface area contributed by atoms with Crippen LogP contribution in [0.5, 0.6) is 0 Å². The lowest BCUT2D eigenvalue weighted by atomic mass is 9.96. The molecule has 1 heterocycles. The maximum absolute atomic E-state index is 14.1. The lowest BCUT2D eigenvalue weighted by molar-refractivity contribution is -0.138. The number of unbranched alkanes of at least 4 members (excludes halogenated alkanes) is 1. The average Bonchev–Trinajstić information content (AvgIpc) is 3.17. The first-order chi connectivity index (χ1) is 27.9. The highest BCUT2D eigenvalue weighted by Gasteiger charge is 2.34. The number of anilines is 1. The number of rotatable bonds is 25. The fourth-order valence-corrected chi connectivity index (χ4v) is 6.08. The van der Waals surface area contributed by atoms with E-state index in [1.165, 1.54) is 19.1 Å². The molecule has 0 unspecified atom stereocenters. The molecule has 1 aromatic carbocycles. The molecular weight excluding hydrogens is 766 g/mol. The summed E-state index contributed by atoms with van der Waals surface area (Å²) in [5.74, 6) is -5.35. The fraction of sp³-hybridized carbons (Fsp3) is 0.575. The van der Waals surface area contributed by atoms with Crippen molar-refractivity contribution in [3.8, 4) is 0 Å². The van der Waals surface area contributed by atoms with E-state index in [4.69, 9.17) is 21.0 Å². The van der Waals surface area contributed by atoms with E-state index in [0.717, 1.165) is 0 Å². The molecule has 0 saturated heterocycles. The molecule has 0 bridgehead atoms. The van der Waals surface area contributed by atoms with Crippen molar-refractivity contribution < 1.29 is 43.1 Å². The van der Waals surface area contributed by atoms with E-state index in [2.05, 4.69) is 36.9 Å². The molecule has 326 valence electrons. The monoisotopic (exact) mass is 827 g/mol. The van der Waals surface area contributed by atoms with Gasteiger partial charge in [0, 0.05) is 49.6 Å². The summed E-state index contributed by atoms with van der Waals surface area (Å²) in [4.78, 5) is 106. The molecule has 0 aliphatic heterocycles. The van der Waals surface area contributed by atoms with E-state index in [-0.39, 0.29) is 62.7 Å². The molecule has 0 aliphatic carbocycles. The van der Waals surface area contributed by atoms with Gasteiger partial charge >= 0.3 is 11.6 Å². The average molecular weight is 828 g/mol. The van der Waals surface area contributed by atoms with Gasteiger partial charge in [-0.3, -0.25) is 38.6 Å². The third-order valence-electron chi connectivity index (χ3n) is 9.89. The van der Waals surface area contributed by atoms with Crippen LogP contribution in [0.25, 0.3) is 11.0 Å². The zero-order chi connectivity index (χ0) is 44.2. The molecule has 19 nitrogen and oxygen atoms in total. The van der Waals surface area contributed by atoms with Crippen LogP contribution in [0.15, 0.2) is 38.5 Å². The number of nitrogens with two attached hydrogens (primary N) is 2. The van der Waals surface area contributed by atoms with E-state index in [9.17, 15) is 38.4 Å². The number of hydrogen-bond acceptors (Lipinski definition) is 10. The summed E-state index contributed by atoms with van der Waals surface area (Å²) >= 11 is 0. The van der Waals surface area contributed by atoms with Gasteiger partial charge in [0.1, 0.15) is 29.8 Å². The minimum absolute atomic E-state index is 0.0831. The summed E-state index contributed by atoms with van der Waals surface area (Å²) < 4.78 is 5.32. The van der Waals surface area contributed by atoms with E-state index in [1.807, 2.05) is 13.8 Å². The van der Waals surface area contributed by atoms with Gasteiger partial charge in [0.15, 0.2) is 5.96 Å². The summed E-state index contributed by atoms with van der Waals surface area (Å²) in [6.07, 6.45) is 1.72. The molecule has 0 spiro atoms. The van der Waals surface area contributed by atoms with Crippen LogP contribution in [0.2, 0.25) is 0 Å². The quantitative estimate of drug-likeness (QED) is 0.0296. The van der Waals surface area contributed by atoms with Gasteiger partial charge in [-0.05, 0) is 68.6 Å². The number of aliphatic carboxylic acids is 1. The molecule has 6 amide bonds. The Kier molecular flexibility index (Phi) is 20.6. The Bertz CT molecular complexity index is 1880. The molecular formula is C40H61N9O10. The summed E-state index contributed by atoms with van der Waals surface area (Å²) in [5, 5.41) is 25.8. The number of carboxylic acids is 1. The fourth-order valence-electron chi connectivity index (χ4n) is 6.08. The first-order valence-electron chi connectivity index (χ1n) is 19.9. The number of aryl methyl sites for hydroxylation is 1. The predicted molar refractivity (Wildman–Crippen MR) is 222 cm³/mol. The Morgan fingerprint density at radius 2 is 1.37 bits per heavy atom. The molecule has 59 heavy (non-hydrogen) atoms. The van der Waals surface area contributed by atoms with Crippen LogP contribution in [-0.2, 0) is 33.6 Å². The normalized spacial score (nSPS) is 14.0. The zero-order valence-electron chi connectivity index (χ0n) is 34.8. The third kappa shape index (κ3) is 17.2. The van der Waals surface area contributed by atoms with E-state index < -0.39 is 77.1 Å². The number of nitrogens with zero attached hydrogens (tertiary/aromatic N) is 1. The second-order valence-corrected chi connectivity index (χ2v) is 14.7. The van der Waals surface area contributed by atoms with Crippen LogP contribution in [0.4, 0.5) is 5.69 Å². The molecule has 2 rings (SSSR count). The minimum atomic E-state index is -1.16. The van der Waals surface area contributed by atoms with Crippen LogP contribution in [-0.4, -0.2) is 89.7 Å². The number of carboxylic acid groups (broad SMARTS) is 1. The van der Waals surface area contributed by atoms with Crippen molar-refractivity contribution in [2.24, 2.45) is 28.3 Å². The van der Waals surface area contributed by atoms with Crippen molar-refractivity contribution in [2.75, 3.05) is 18.4 Å². The van der Waals surface area contributed by atoms with Crippen molar-refractivity contribution in [3.63, 3.8) is 0 Å². The van der Waals surface area contributed by atoms with Crippen LogP contribution in [0.1, 0.15) is 98.0 Å². The number of aliphatic imine (C=N–C) groups is 1. The van der Waals surface area contributed by atoms with Crippen LogP contribution in [0.3, 0.4) is 0 Å². The topological polar surface area (TPSA) is 307 Å². The van der Waals surface area contributed by atoms with Crippen molar-refractivity contribution >= 4 is 64.0 Å². The van der Waals surface area contributed by atoms with Gasteiger partial charge in [0.05, 0.1) is 6.42 Å². The number of carbonyl (C=O) groups excluding carboxylic acids is 6. The predicted octanol–water partition coefficient (Wildman–Crippen LogP) is 1.30. The van der Waals surface area contributed by atoms with Crippen LogP contribution >= 0.6 is 0 Å². The highest BCUT2D eigenvalue weighted by Crippen LogP contribution is 2.21. The summed E-state index contributed by atoms with van der Waals surface area (Å²) in [6.45, 7) is 10.6. The van der Waals surface area contributed by atoms with Crippen LogP contribution in [0, 0.1) is 18.8 Å². The molecule has 0 saturated carbocycles. The largest absolute Gasteiger partial charge is 0.481 e. The Labute approximate surface area is 343 Å². The molecule has 0 fully saturated rings.